The summed E-state index contributed by atoms with van der Waals surface area (Å²) < 4.78 is 0. The summed E-state index contributed by atoms with van der Waals surface area (Å²) in [6.07, 6.45) is 2.81. The molecule has 1 unspecified atom stereocenters. The number of rotatable bonds is 7. The lowest BCUT2D eigenvalue weighted by Gasteiger charge is -2.24. The normalized spacial score (nSPS) is 15.7. The molecule has 2 amide bonds. The fourth-order valence-corrected chi connectivity index (χ4v) is 3.50. The summed E-state index contributed by atoms with van der Waals surface area (Å²) in [6.45, 7) is 5.44. The van der Waals surface area contributed by atoms with Crippen molar-refractivity contribution >= 4 is 11.8 Å². The fourth-order valence-electron chi connectivity index (χ4n) is 3.50. The molecule has 0 spiro atoms. The Labute approximate surface area is 190 Å². The van der Waals surface area contributed by atoms with Crippen molar-refractivity contribution in [2.75, 3.05) is 6.54 Å². The highest BCUT2D eigenvalue weighted by atomic mass is 16.2. The topological polar surface area (TPSA) is 113 Å². The molecule has 0 saturated carbocycles. The highest BCUT2D eigenvalue weighted by Crippen LogP contribution is 2.19. The molecule has 1 fully saturated rings. The van der Waals surface area contributed by atoms with Gasteiger partial charge in [0.15, 0.2) is 0 Å². The SMILES string of the molecule is CC(C)c1ccccc1.N/C=C(/CC(=O)N1CCCC1C(=O)NCc1ccccc1)NN. The molecule has 0 aliphatic carbocycles. The second-order valence-electron chi connectivity index (χ2n) is 8.03. The second kappa shape index (κ2) is 13.2. The van der Waals surface area contributed by atoms with Gasteiger partial charge in [-0.3, -0.25) is 15.4 Å². The minimum Gasteiger partial charge on any atom is -0.403 e. The van der Waals surface area contributed by atoms with Gasteiger partial charge in [0.05, 0.1) is 12.1 Å². The maximum absolute atomic E-state index is 12.4. The Hall–Kier alpha value is -3.32. The summed E-state index contributed by atoms with van der Waals surface area (Å²) in [4.78, 5) is 26.3. The summed E-state index contributed by atoms with van der Waals surface area (Å²) in [5, 5.41) is 2.89. The fraction of sp³-hybridized carbons (Fsp3) is 0.360. The van der Waals surface area contributed by atoms with Gasteiger partial charge >= 0.3 is 0 Å². The lowest BCUT2D eigenvalue weighted by atomic mass is 10.0. The quantitative estimate of drug-likeness (QED) is 0.393. The van der Waals surface area contributed by atoms with Crippen LogP contribution in [0.1, 0.15) is 50.2 Å². The molecular weight excluding hydrogens is 402 g/mol. The van der Waals surface area contributed by atoms with Crippen LogP contribution >= 0.6 is 0 Å². The molecule has 6 N–H and O–H groups in total. The van der Waals surface area contributed by atoms with E-state index in [0.29, 0.717) is 31.1 Å². The molecule has 1 aliphatic heterocycles. The maximum Gasteiger partial charge on any atom is 0.243 e. The largest absolute Gasteiger partial charge is 0.403 e. The van der Waals surface area contributed by atoms with E-state index in [0.717, 1.165) is 12.0 Å². The lowest BCUT2D eigenvalue weighted by Crippen LogP contribution is -2.46. The van der Waals surface area contributed by atoms with Gasteiger partial charge in [-0.15, -0.1) is 0 Å². The Bertz CT molecular complexity index is 868. The van der Waals surface area contributed by atoms with Gasteiger partial charge in [0.25, 0.3) is 0 Å². The van der Waals surface area contributed by atoms with Gasteiger partial charge in [-0.05, 0) is 29.9 Å². The highest BCUT2D eigenvalue weighted by molar-refractivity contribution is 5.89. The molecule has 32 heavy (non-hydrogen) atoms. The summed E-state index contributed by atoms with van der Waals surface area (Å²) in [5.41, 5.74) is 10.6. The first-order valence-electron chi connectivity index (χ1n) is 11.0. The number of benzene rings is 2. The van der Waals surface area contributed by atoms with E-state index >= 15 is 0 Å². The van der Waals surface area contributed by atoms with Gasteiger partial charge in [-0.1, -0.05) is 74.5 Å². The van der Waals surface area contributed by atoms with Gasteiger partial charge < -0.3 is 21.4 Å². The lowest BCUT2D eigenvalue weighted by molar-refractivity contribution is -0.138. The minimum absolute atomic E-state index is 0.0649. The summed E-state index contributed by atoms with van der Waals surface area (Å²) in [7, 11) is 0. The van der Waals surface area contributed by atoms with Crippen molar-refractivity contribution in [3.63, 3.8) is 0 Å². The summed E-state index contributed by atoms with van der Waals surface area (Å²) in [5.74, 6) is 5.67. The molecule has 1 heterocycles. The Balaban J connectivity index is 0.000000336. The van der Waals surface area contributed by atoms with E-state index in [1.807, 2.05) is 36.4 Å². The molecule has 3 rings (SSSR count). The minimum atomic E-state index is -0.428. The molecule has 172 valence electrons. The van der Waals surface area contributed by atoms with Crippen molar-refractivity contribution in [1.29, 1.82) is 0 Å². The van der Waals surface area contributed by atoms with E-state index < -0.39 is 6.04 Å². The third kappa shape index (κ3) is 7.74. The van der Waals surface area contributed by atoms with Gasteiger partial charge in [0.1, 0.15) is 6.04 Å². The van der Waals surface area contributed by atoms with Gasteiger partial charge in [0.2, 0.25) is 11.8 Å². The van der Waals surface area contributed by atoms with Crippen LogP contribution in [0.5, 0.6) is 0 Å². The monoisotopic (exact) mass is 437 g/mol. The number of hydrogen-bond donors (Lipinski definition) is 4. The van der Waals surface area contributed by atoms with Crippen LogP contribution in [-0.2, 0) is 16.1 Å². The molecule has 7 nitrogen and oxygen atoms in total. The zero-order valence-corrected chi connectivity index (χ0v) is 19.0. The maximum atomic E-state index is 12.4. The predicted molar refractivity (Wildman–Crippen MR) is 128 cm³/mol. The van der Waals surface area contributed by atoms with Crippen LogP contribution in [-0.4, -0.2) is 29.3 Å². The Morgan fingerprint density at radius 3 is 2.25 bits per heavy atom. The second-order valence-corrected chi connectivity index (χ2v) is 8.03. The molecule has 1 saturated heterocycles. The highest BCUT2D eigenvalue weighted by Gasteiger charge is 2.33. The molecule has 0 radical (unpaired) electrons. The zero-order chi connectivity index (χ0) is 23.3. The third-order valence-corrected chi connectivity index (χ3v) is 5.38. The Morgan fingerprint density at radius 2 is 1.72 bits per heavy atom. The number of carbonyl (C=O) groups excluding carboxylic acids is 2. The van der Waals surface area contributed by atoms with E-state index in [1.165, 1.54) is 11.8 Å². The van der Waals surface area contributed by atoms with Crippen molar-refractivity contribution in [2.24, 2.45) is 11.6 Å². The van der Waals surface area contributed by atoms with E-state index in [2.05, 4.69) is 48.9 Å². The Kier molecular flexibility index (Phi) is 10.3. The van der Waals surface area contributed by atoms with Crippen molar-refractivity contribution in [3.05, 3.63) is 83.7 Å². The van der Waals surface area contributed by atoms with Crippen LogP contribution in [0.3, 0.4) is 0 Å². The van der Waals surface area contributed by atoms with Crippen LogP contribution < -0.4 is 22.3 Å². The zero-order valence-electron chi connectivity index (χ0n) is 19.0. The summed E-state index contributed by atoms with van der Waals surface area (Å²) in [6, 6.07) is 19.8. The number of hydrazine groups is 1. The Morgan fingerprint density at radius 1 is 1.09 bits per heavy atom. The van der Waals surface area contributed by atoms with Gasteiger partial charge in [-0.2, -0.15) is 0 Å². The van der Waals surface area contributed by atoms with Crippen molar-refractivity contribution in [2.45, 2.75) is 51.6 Å². The first kappa shape index (κ1) is 24.9. The number of likely N-dealkylation sites (tertiary alicyclic amines) is 1. The summed E-state index contributed by atoms with van der Waals surface area (Å²) >= 11 is 0. The van der Waals surface area contributed by atoms with Crippen molar-refractivity contribution in [3.8, 4) is 0 Å². The first-order chi connectivity index (χ1) is 15.5. The molecule has 2 aromatic rings. The first-order valence-corrected chi connectivity index (χ1v) is 11.0. The van der Waals surface area contributed by atoms with Crippen molar-refractivity contribution < 1.29 is 9.59 Å². The average molecular weight is 438 g/mol. The molecule has 0 aromatic heterocycles. The average Bonchev–Trinajstić information content (AvgIpc) is 3.33. The molecule has 2 aromatic carbocycles. The number of hydrogen-bond acceptors (Lipinski definition) is 5. The molecule has 0 bridgehead atoms. The molecular formula is C25H35N5O2. The number of amides is 2. The number of carbonyl (C=O) groups is 2. The van der Waals surface area contributed by atoms with Crippen molar-refractivity contribution in [1.82, 2.24) is 15.6 Å². The van der Waals surface area contributed by atoms with E-state index in [1.54, 1.807) is 4.90 Å². The van der Waals surface area contributed by atoms with Crippen LogP contribution in [0.2, 0.25) is 0 Å². The van der Waals surface area contributed by atoms with Gasteiger partial charge in [-0.25, -0.2) is 0 Å². The number of nitrogens with one attached hydrogen (secondary N) is 2. The molecule has 7 heteroatoms. The number of nitrogens with zero attached hydrogens (tertiary/aromatic N) is 1. The van der Waals surface area contributed by atoms with E-state index in [-0.39, 0.29) is 18.2 Å². The van der Waals surface area contributed by atoms with E-state index in [4.69, 9.17) is 11.6 Å². The number of nitrogens with two attached hydrogens (primary N) is 2. The molecule has 1 aliphatic rings. The van der Waals surface area contributed by atoms with Crippen LogP contribution in [0.4, 0.5) is 0 Å². The van der Waals surface area contributed by atoms with Crippen LogP contribution in [0.15, 0.2) is 72.6 Å². The van der Waals surface area contributed by atoms with E-state index in [9.17, 15) is 9.59 Å². The standard InChI is InChI=1S/C16H23N5O2.C9H12/c17-10-13(20-18)9-15(22)21-8-4-7-14(21)16(23)19-11-12-5-2-1-3-6-12;1-8(2)9-6-4-3-5-7-9/h1-3,5-6,10,14,20H,4,7-9,11,17-18H2,(H,19,23);3-8H,1-2H3/b13-10-;. The smallest absolute Gasteiger partial charge is 0.243 e. The van der Waals surface area contributed by atoms with Gasteiger partial charge in [0, 0.05) is 19.3 Å². The van der Waals surface area contributed by atoms with Crippen LogP contribution in [0.25, 0.3) is 0 Å². The third-order valence-electron chi connectivity index (χ3n) is 5.38. The van der Waals surface area contributed by atoms with Crippen LogP contribution in [0, 0.1) is 0 Å². The molecule has 1 atom stereocenters. The predicted octanol–water partition coefficient (Wildman–Crippen LogP) is 2.76.